The van der Waals surface area contributed by atoms with Gasteiger partial charge in [-0.1, -0.05) is 23.4 Å². The van der Waals surface area contributed by atoms with E-state index in [1.165, 1.54) is 11.8 Å². The third-order valence-corrected chi connectivity index (χ3v) is 3.94. The molecule has 0 aliphatic carbocycles. The van der Waals surface area contributed by atoms with Crippen molar-refractivity contribution in [2.45, 2.75) is 18.9 Å². The summed E-state index contributed by atoms with van der Waals surface area (Å²) in [5, 5.41) is 1.30. The Morgan fingerprint density at radius 3 is 2.95 bits per heavy atom. The van der Waals surface area contributed by atoms with Crippen molar-refractivity contribution in [3.8, 4) is 5.75 Å². The predicted molar refractivity (Wildman–Crippen MR) is 84.9 cm³/mol. The van der Waals surface area contributed by atoms with Crippen molar-refractivity contribution >= 4 is 28.5 Å². The van der Waals surface area contributed by atoms with Crippen molar-refractivity contribution in [2.24, 2.45) is 10.7 Å². The first-order valence-electron chi connectivity index (χ1n) is 6.67. The molecule has 4 nitrogen and oxygen atoms in total. The molecule has 2 N–H and O–H groups in total. The Labute approximate surface area is 128 Å². The largest absolute Gasteiger partial charge is 0.493 e. The molecule has 2 rings (SSSR count). The molecule has 0 aromatic heterocycles. The molecule has 0 unspecified atom stereocenters. The van der Waals surface area contributed by atoms with Crippen LogP contribution in [0.1, 0.15) is 12.8 Å². The van der Waals surface area contributed by atoms with E-state index in [9.17, 15) is 0 Å². The highest BCUT2D eigenvalue weighted by atomic mass is 35.5. The third-order valence-electron chi connectivity index (χ3n) is 2.89. The highest BCUT2D eigenvalue weighted by molar-refractivity contribution is 8.13. The molecular formula is C14H19ClN2O2S. The quantitative estimate of drug-likeness (QED) is 0.498. The molecule has 1 aliphatic rings. The molecule has 20 heavy (non-hydrogen) atoms. The molecule has 1 aromatic carbocycles. The summed E-state index contributed by atoms with van der Waals surface area (Å²) in [7, 11) is 0. The zero-order valence-electron chi connectivity index (χ0n) is 11.3. The van der Waals surface area contributed by atoms with E-state index in [2.05, 4.69) is 4.99 Å². The van der Waals surface area contributed by atoms with Crippen molar-refractivity contribution in [3.63, 3.8) is 0 Å². The number of aliphatic imine (C=N–C) groups is 1. The molecule has 1 aliphatic heterocycles. The van der Waals surface area contributed by atoms with Gasteiger partial charge in [-0.05, 0) is 37.1 Å². The Bertz CT molecular complexity index is 433. The lowest BCUT2D eigenvalue weighted by atomic mass is 10.2. The average molecular weight is 315 g/mol. The second-order valence-corrected chi connectivity index (χ2v) is 6.02. The molecule has 1 fully saturated rings. The molecule has 0 bridgehead atoms. The highest BCUT2D eigenvalue weighted by Gasteiger charge is 2.14. The number of thioether (sulfide) groups is 1. The molecule has 0 amide bonds. The van der Waals surface area contributed by atoms with Crippen LogP contribution in [0.3, 0.4) is 0 Å². The Hall–Kier alpha value is -0.910. The first-order valence-corrected chi connectivity index (χ1v) is 8.03. The van der Waals surface area contributed by atoms with E-state index in [0.717, 1.165) is 31.0 Å². The van der Waals surface area contributed by atoms with Crippen molar-refractivity contribution < 1.29 is 9.47 Å². The molecule has 110 valence electrons. The van der Waals surface area contributed by atoms with Crippen LogP contribution in [-0.2, 0) is 4.74 Å². The maximum Gasteiger partial charge on any atom is 0.154 e. The molecule has 6 heteroatoms. The van der Waals surface area contributed by atoms with Gasteiger partial charge in [-0.2, -0.15) is 0 Å². The topological polar surface area (TPSA) is 56.8 Å². The zero-order chi connectivity index (χ0) is 14.2. The van der Waals surface area contributed by atoms with Gasteiger partial charge in [-0.25, -0.2) is 0 Å². The standard InChI is InChI=1S/C14H19ClN2O2S/c15-11-3-5-12(6-4-11)19-8-9-20-14(16)17-10-13-2-1-7-18-13/h3-6,13H,1-2,7-10H2,(H2,16,17)/t13-/m0/s1. The van der Waals surface area contributed by atoms with Gasteiger partial charge in [0.25, 0.3) is 0 Å². The first kappa shape index (κ1) is 15.5. The Morgan fingerprint density at radius 2 is 2.25 bits per heavy atom. The van der Waals surface area contributed by atoms with Crippen LogP contribution in [0.2, 0.25) is 5.02 Å². The lowest BCUT2D eigenvalue weighted by Crippen LogP contribution is -2.15. The summed E-state index contributed by atoms with van der Waals surface area (Å²) >= 11 is 7.30. The van der Waals surface area contributed by atoms with Gasteiger partial charge in [-0.15, -0.1) is 0 Å². The van der Waals surface area contributed by atoms with Crippen LogP contribution in [0.5, 0.6) is 5.75 Å². The van der Waals surface area contributed by atoms with Gasteiger partial charge in [0.1, 0.15) is 5.75 Å². The summed E-state index contributed by atoms with van der Waals surface area (Å²) < 4.78 is 11.1. The minimum atomic E-state index is 0.250. The van der Waals surface area contributed by atoms with Crippen molar-refractivity contribution in [1.82, 2.24) is 0 Å². The number of halogens is 1. The summed E-state index contributed by atoms with van der Waals surface area (Å²) in [6, 6.07) is 7.31. The molecule has 1 heterocycles. The molecule has 1 atom stereocenters. The van der Waals surface area contributed by atoms with E-state index in [4.69, 9.17) is 26.8 Å². The highest BCUT2D eigenvalue weighted by Crippen LogP contribution is 2.16. The third kappa shape index (κ3) is 5.61. The summed E-state index contributed by atoms with van der Waals surface area (Å²) in [4.78, 5) is 4.32. The molecule has 1 aromatic rings. The van der Waals surface area contributed by atoms with Crippen LogP contribution in [-0.4, -0.2) is 36.8 Å². The van der Waals surface area contributed by atoms with Crippen LogP contribution >= 0.6 is 23.4 Å². The van der Waals surface area contributed by atoms with E-state index in [0.29, 0.717) is 23.3 Å². The average Bonchev–Trinajstić information content (AvgIpc) is 2.96. The van der Waals surface area contributed by atoms with Gasteiger partial charge in [-0.3, -0.25) is 4.99 Å². The fourth-order valence-electron chi connectivity index (χ4n) is 1.86. The van der Waals surface area contributed by atoms with Crippen molar-refractivity contribution in [3.05, 3.63) is 29.3 Å². The number of hydrogen-bond acceptors (Lipinski definition) is 4. The van der Waals surface area contributed by atoms with Crippen LogP contribution < -0.4 is 10.5 Å². The maximum atomic E-state index is 5.84. The Morgan fingerprint density at radius 1 is 1.45 bits per heavy atom. The fourth-order valence-corrected chi connectivity index (χ4v) is 2.53. The number of nitrogens with two attached hydrogens (primary N) is 1. The van der Waals surface area contributed by atoms with Crippen molar-refractivity contribution in [2.75, 3.05) is 25.5 Å². The van der Waals surface area contributed by atoms with Gasteiger partial charge in [0.15, 0.2) is 5.17 Å². The van der Waals surface area contributed by atoms with Gasteiger partial charge < -0.3 is 15.2 Å². The summed E-state index contributed by atoms with van der Waals surface area (Å²) in [6.45, 7) is 2.10. The van der Waals surface area contributed by atoms with Crippen LogP contribution in [0, 0.1) is 0 Å². The smallest absolute Gasteiger partial charge is 0.154 e. The normalized spacial score (nSPS) is 19.2. The number of rotatable bonds is 6. The van der Waals surface area contributed by atoms with E-state index in [1.807, 2.05) is 12.1 Å². The van der Waals surface area contributed by atoms with Crippen LogP contribution in [0.15, 0.2) is 29.3 Å². The van der Waals surface area contributed by atoms with Crippen LogP contribution in [0.25, 0.3) is 0 Å². The van der Waals surface area contributed by atoms with Gasteiger partial charge in [0, 0.05) is 17.4 Å². The minimum absolute atomic E-state index is 0.250. The molecule has 0 spiro atoms. The number of benzene rings is 1. The fraction of sp³-hybridized carbons (Fsp3) is 0.500. The number of nitrogens with zero attached hydrogens (tertiary/aromatic N) is 1. The van der Waals surface area contributed by atoms with E-state index >= 15 is 0 Å². The number of hydrogen-bond donors (Lipinski definition) is 1. The lowest BCUT2D eigenvalue weighted by Gasteiger charge is -2.07. The van der Waals surface area contributed by atoms with Crippen LogP contribution in [0.4, 0.5) is 0 Å². The van der Waals surface area contributed by atoms with Gasteiger partial charge >= 0.3 is 0 Å². The van der Waals surface area contributed by atoms with Gasteiger partial charge in [0.05, 0.1) is 19.3 Å². The van der Waals surface area contributed by atoms with E-state index < -0.39 is 0 Å². The summed E-state index contributed by atoms with van der Waals surface area (Å²) in [5.74, 6) is 1.58. The van der Waals surface area contributed by atoms with Crippen molar-refractivity contribution in [1.29, 1.82) is 0 Å². The summed E-state index contributed by atoms with van der Waals surface area (Å²) in [6.07, 6.45) is 2.46. The zero-order valence-corrected chi connectivity index (χ0v) is 12.8. The second-order valence-electron chi connectivity index (χ2n) is 4.46. The molecule has 0 radical (unpaired) electrons. The number of amidine groups is 1. The lowest BCUT2D eigenvalue weighted by molar-refractivity contribution is 0.118. The molecule has 0 saturated carbocycles. The Kier molecular flexibility index (Phi) is 6.50. The first-order chi connectivity index (χ1) is 9.74. The van der Waals surface area contributed by atoms with Gasteiger partial charge in [0.2, 0.25) is 0 Å². The molecule has 1 saturated heterocycles. The maximum absolute atomic E-state index is 5.84. The van der Waals surface area contributed by atoms with E-state index in [-0.39, 0.29) is 6.10 Å². The SMILES string of the molecule is NC(=NC[C@@H]1CCCO1)SCCOc1ccc(Cl)cc1. The number of ether oxygens (including phenoxy) is 2. The monoisotopic (exact) mass is 314 g/mol. The minimum Gasteiger partial charge on any atom is -0.493 e. The summed E-state index contributed by atoms with van der Waals surface area (Å²) in [5.41, 5.74) is 5.84. The van der Waals surface area contributed by atoms with E-state index in [1.54, 1.807) is 12.1 Å². The molecular weight excluding hydrogens is 296 g/mol. The Balaban J connectivity index is 1.59. The second kappa shape index (κ2) is 8.39. The predicted octanol–water partition coefficient (Wildman–Crippen LogP) is 2.95.